The summed E-state index contributed by atoms with van der Waals surface area (Å²) in [6.07, 6.45) is 0.657. The number of carbonyl (C=O) groups is 2. The van der Waals surface area contributed by atoms with Crippen LogP contribution in [0.25, 0.3) is 0 Å². The fraction of sp³-hybridized carbons (Fsp3) is 0.778. The lowest BCUT2D eigenvalue weighted by molar-refractivity contribution is -0.137. The molecular weight excluding hydrogens is 170 g/mol. The van der Waals surface area contributed by atoms with Gasteiger partial charge in [-0.3, -0.25) is 9.59 Å². The molecule has 0 saturated heterocycles. The third kappa shape index (κ3) is 6.28. The molecule has 0 atom stereocenters. The number of hydrogen-bond acceptors (Lipinski definition) is 3. The zero-order chi connectivity index (χ0) is 10.5. The second-order valence-corrected chi connectivity index (χ2v) is 3.60. The number of hydrogen-bond donors (Lipinski definition) is 2. The molecule has 0 aliphatic heterocycles. The minimum atomic E-state index is -0.803. The summed E-state index contributed by atoms with van der Waals surface area (Å²) in [4.78, 5) is 21.7. The van der Waals surface area contributed by atoms with E-state index in [2.05, 4.69) is 5.32 Å². The smallest absolute Gasteiger partial charge is 0.287 e. The van der Waals surface area contributed by atoms with Gasteiger partial charge in [-0.05, 0) is 20.3 Å². The number of Topliss-reactive ketones (excluding diaryl/α,β-unsaturated/α-hetero) is 1. The van der Waals surface area contributed by atoms with Crippen LogP contribution < -0.4 is 5.32 Å². The largest absolute Gasteiger partial charge is 0.390 e. The first-order chi connectivity index (χ1) is 5.87. The van der Waals surface area contributed by atoms with E-state index in [1.165, 1.54) is 0 Å². The van der Waals surface area contributed by atoms with Gasteiger partial charge in [0.15, 0.2) is 0 Å². The molecule has 2 N–H and O–H groups in total. The van der Waals surface area contributed by atoms with Crippen molar-refractivity contribution in [3.8, 4) is 0 Å². The van der Waals surface area contributed by atoms with Crippen molar-refractivity contribution in [2.75, 3.05) is 6.54 Å². The summed E-state index contributed by atoms with van der Waals surface area (Å²) in [5.41, 5.74) is -0.803. The highest BCUT2D eigenvalue weighted by Crippen LogP contribution is 2.04. The minimum absolute atomic E-state index is 0.217. The molecule has 0 heterocycles. The Morgan fingerprint density at radius 3 is 2.31 bits per heavy atom. The predicted molar refractivity (Wildman–Crippen MR) is 49.2 cm³/mol. The summed E-state index contributed by atoms with van der Waals surface area (Å²) in [5, 5.41) is 11.7. The van der Waals surface area contributed by atoms with Gasteiger partial charge in [0.25, 0.3) is 5.91 Å². The van der Waals surface area contributed by atoms with Gasteiger partial charge in [-0.1, -0.05) is 6.92 Å². The first-order valence-corrected chi connectivity index (χ1v) is 4.40. The van der Waals surface area contributed by atoms with Crippen molar-refractivity contribution in [3.05, 3.63) is 0 Å². The van der Waals surface area contributed by atoms with Gasteiger partial charge >= 0.3 is 0 Å². The van der Waals surface area contributed by atoms with Gasteiger partial charge in [0.2, 0.25) is 5.78 Å². The molecule has 0 fully saturated rings. The van der Waals surface area contributed by atoms with Crippen LogP contribution in [-0.4, -0.2) is 28.9 Å². The summed E-state index contributed by atoms with van der Waals surface area (Å²) in [7, 11) is 0. The molecule has 76 valence electrons. The molecule has 13 heavy (non-hydrogen) atoms. The van der Waals surface area contributed by atoms with E-state index >= 15 is 0 Å². The third-order valence-corrected chi connectivity index (χ3v) is 1.60. The Kier molecular flexibility index (Phi) is 4.62. The van der Waals surface area contributed by atoms with Gasteiger partial charge in [0.1, 0.15) is 0 Å². The highest BCUT2D eigenvalue weighted by molar-refractivity contribution is 6.36. The topological polar surface area (TPSA) is 66.4 Å². The van der Waals surface area contributed by atoms with E-state index in [1.54, 1.807) is 20.8 Å². The Hall–Kier alpha value is -0.900. The number of rotatable bonds is 5. The van der Waals surface area contributed by atoms with Crippen LogP contribution >= 0.6 is 0 Å². The van der Waals surface area contributed by atoms with Gasteiger partial charge in [-0.15, -0.1) is 0 Å². The molecule has 0 saturated carbocycles. The van der Waals surface area contributed by atoms with Crippen LogP contribution in [0.2, 0.25) is 0 Å². The highest BCUT2D eigenvalue weighted by Gasteiger charge is 2.14. The monoisotopic (exact) mass is 187 g/mol. The van der Waals surface area contributed by atoms with E-state index in [9.17, 15) is 14.7 Å². The van der Waals surface area contributed by atoms with E-state index in [4.69, 9.17) is 0 Å². The normalized spacial score (nSPS) is 11.1. The number of nitrogens with one attached hydrogen (secondary N) is 1. The van der Waals surface area contributed by atoms with E-state index in [1.807, 2.05) is 0 Å². The standard InChI is InChI=1S/C9H17NO3/c1-4-7(11)8(12)10-6-5-9(2,3)13/h13H,4-6H2,1-3H3,(H,10,12). The number of ketones is 1. The quantitative estimate of drug-likeness (QED) is 0.606. The zero-order valence-electron chi connectivity index (χ0n) is 8.39. The first-order valence-electron chi connectivity index (χ1n) is 4.40. The fourth-order valence-electron chi connectivity index (χ4n) is 0.741. The Bertz CT molecular complexity index is 194. The van der Waals surface area contributed by atoms with E-state index in [-0.39, 0.29) is 6.42 Å². The average Bonchev–Trinajstić information content (AvgIpc) is 2.00. The third-order valence-electron chi connectivity index (χ3n) is 1.60. The SMILES string of the molecule is CCC(=O)C(=O)NCCC(C)(C)O. The van der Waals surface area contributed by atoms with Crippen molar-refractivity contribution in [1.82, 2.24) is 5.32 Å². The molecule has 0 aliphatic carbocycles. The highest BCUT2D eigenvalue weighted by atomic mass is 16.3. The van der Waals surface area contributed by atoms with Crippen molar-refractivity contribution in [2.24, 2.45) is 0 Å². The molecule has 0 aromatic heterocycles. The fourth-order valence-corrected chi connectivity index (χ4v) is 0.741. The Labute approximate surface area is 78.3 Å². The Balaban J connectivity index is 3.66. The molecule has 4 nitrogen and oxygen atoms in total. The van der Waals surface area contributed by atoms with Crippen LogP contribution in [-0.2, 0) is 9.59 Å². The Morgan fingerprint density at radius 1 is 1.38 bits per heavy atom. The van der Waals surface area contributed by atoms with E-state index in [0.29, 0.717) is 13.0 Å². The van der Waals surface area contributed by atoms with Gasteiger partial charge in [-0.2, -0.15) is 0 Å². The lowest BCUT2D eigenvalue weighted by Gasteiger charge is -2.16. The predicted octanol–water partition coefficient (Wildman–Crippen LogP) is 0.243. The van der Waals surface area contributed by atoms with Crippen LogP contribution in [0.3, 0.4) is 0 Å². The van der Waals surface area contributed by atoms with Crippen molar-refractivity contribution in [2.45, 2.75) is 39.2 Å². The van der Waals surface area contributed by atoms with Crippen LogP contribution in [0.4, 0.5) is 0 Å². The van der Waals surface area contributed by atoms with E-state index < -0.39 is 17.3 Å². The molecule has 0 aromatic carbocycles. The zero-order valence-corrected chi connectivity index (χ0v) is 8.39. The van der Waals surface area contributed by atoms with Crippen LogP contribution in [0, 0.1) is 0 Å². The number of carbonyl (C=O) groups excluding carboxylic acids is 2. The Morgan fingerprint density at radius 2 is 1.92 bits per heavy atom. The molecule has 0 rings (SSSR count). The molecule has 0 unspecified atom stereocenters. The van der Waals surface area contributed by atoms with Gasteiger partial charge in [0.05, 0.1) is 5.60 Å². The molecule has 0 aliphatic rings. The van der Waals surface area contributed by atoms with Gasteiger partial charge in [-0.25, -0.2) is 0 Å². The van der Waals surface area contributed by atoms with Crippen LogP contribution in [0.5, 0.6) is 0 Å². The summed E-state index contributed by atoms with van der Waals surface area (Å²) in [6, 6.07) is 0. The van der Waals surface area contributed by atoms with Gasteiger partial charge in [0, 0.05) is 13.0 Å². The summed E-state index contributed by atoms with van der Waals surface area (Å²) in [6.45, 7) is 5.27. The maximum absolute atomic E-state index is 10.9. The summed E-state index contributed by atoms with van der Waals surface area (Å²) in [5.74, 6) is -0.984. The van der Waals surface area contributed by atoms with Crippen LogP contribution in [0.15, 0.2) is 0 Å². The molecule has 0 aromatic rings. The van der Waals surface area contributed by atoms with Gasteiger partial charge < -0.3 is 10.4 Å². The summed E-state index contributed by atoms with van der Waals surface area (Å²) >= 11 is 0. The summed E-state index contributed by atoms with van der Waals surface area (Å²) < 4.78 is 0. The van der Waals surface area contributed by atoms with Crippen molar-refractivity contribution >= 4 is 11.7 Å². The molecule has 0 radical (unpaired) electrons. The second-order valence-electron chi connectivity index (χ2n) is 3.60. The molecule has 1 amide bonds. The van der Waals surface area contributed by atoms with E-state index in [0.717, 1.165) is 0 Å². The van der Waals surface area contributed by atoms with Crippen LogP contribution in [0.1, 0.15) is 33.6 Å². The molecule has 4 heteroatoms. The minimum Gasteiger partial charge on any atom is -0.390 e. The maximum Gasteiger partial charge on any atom is 0.287 e. The number of amides is 1. The average molecular weight is 187 g/mol. The van der Waals surface area contributed by atoms with Crippen molar-refractivity contribution in [1.29, 1.82) is 0 Å². The lowest BCUT2D eigenvalue weighted by Crippen LogP contribution is -2.34. The maximum atomic E-state index is 10.9. The van der Waals surface area contributed by atoms with Crippen molar-refractivity contribution in [3.63, 3.8) is 0 Å². The van der Waals surface area contributed by atoms with Crippen molar-refractivity contribution < 1.29 is 14.7 Å². The second kappa shape index (κ2) is 4.97. The first kappa shape index (κ1) is 12.1. The number of aliphatic hydroxyl groups is 1. The molecular formula is C9H17NO3. The molecule has 0 spiro atoms. The lowest BCUT2D eigenvalue weighted by atomic mass is 10.1. The molecule has 0 bridgehead atoms.